The van der Waals surface area contributed by atoms with Gasteiger partial charge in [-0.2, -0.15) is 0 Å². The van der Waals surface area contributed by atoms with Gasteiger partial charge < -0.3 is 15.3 Å². The number of carbonyl (C=O) groups excluding carboxylic acids is 1. The number of aliphatic hydroxyl groups excluding tert-OH is 1. The Balaban J connectivity index is 1.73. The van der Waals surface area contributed by atoms with Gasteiger partial charge in [-0.1, -0.05) is 0 Å². The molecule has 1 saturated heterocycles. The summed E-state index contributed by atoms with van der Waals surface area (Å²) in [5, 5.41) is 12.3. The van der Waals surface area contributed by atoms with Gasteiger partial charge in [-0.05, 0) is 56.6 Å². The van der Waals surface area contributed by atoms with Crippen LogP contribution >= 0.6 is 0 Å². The van der Waals surface area contributed by atoms with Crippen LogP contribution in [0.1, 0.15) is 48.9 Å². The maximum absolute atomic E-state index is 12.7. The predicted octanol–water partition coefficient (Wildman–Crippen LogP) is 1.96. The molecule has 1 atom stereocenters. The molecule has 2 N–H and O–H groups in total. The van der Waals surface area contributed by atoms with Crippen LogP contribution in [0.25, 0.3) is 0 Å². The van der Waals surface area contributed by atoms with Crippen molar-refractivity contribution in [3.63, 3.8) is 0 Å². The SMILES string of the molecule is O=C(NC(CCO)C1CC1)c1cccnc1N1CCCCC1. The lowest BCUT2D eigenvalue weighted by atomic mass is 10.1. The number of nitrogens with zero attached hydrogens (tertiary/aromatic N) is 2. The summed E-state index contributed by atoms with van der Waals surface area (Å²) < 4.78 is 0. The van der Waals surface area contributed by atoms with Crippen LogP contribution < -0.4 is 10.2 Å². The molecule has 22 heavy (non-hydrogen) atoms. The number of nitrogens with one attached hydrogen (secondary N) is 1. The van der Waals surface area contributed by atoms with Crippen molar-refractivity contribution in [3.05, 3.63) is 23.9 Å². The van der Waals surface area contributed by atoms with E-state index in [4.69, 9.17) is 0 Å². The summed E-state index contributed by atoms with van der Waals surface area (Å²) in [6.45, 7) is 2.06. The summed E-state index contributed by atoms with van der Waals surface area (Å²) in [6.07, 6.45) is 8.27. The Morgan fingerprint density at radius 2 is 2.14 bits per heavy atom. The van der Waals surface area contributed by atoms with Crippen molar-refractivity contribution >= 4 is 11.7 Å². The first-order chi connectivity index (χ1) is 10.8. The van der Waals surface area contributed by atoms with Crippen LogP contribution in [0, 0.1) is 5.92 Å². The maximum atomic E-state index is 12.7. The molecule has 2 aliphatic rings. The molecule has 1 amide bonds. The van der Waals surface area contributed by atoms with Crippen molar-refractivity contribution in [2.75, 3.05) is 24.6 Å². The van der Waals surface area contributed by atoms with Gasteiger partial charge in [-0.25, -0.2) is 4.98 Å². The van der Waals surface area contributed by atoms with E-state index in [0.29, 0.717) is 17.9 Å². The Morgan fingerprint density at radius 3 is 2.82 bits per heavy atom. The second kappa shape index (κ2) is 7.09. The Bertz CT molecular complexity index is 510. The van der Waals surface area contributed by atoms with Gasteiger partial charge in [0.15, 0.2) is 0 Å². The molecule has 1 aliphatic heterocycles. The van der Waals surface area contributed by atoms with Gasteiger partial charge in [0, 0.05) is 31.9 Å². The van der Waals surface area contributed by atoms with Gasteiger partial charge in [-0.3, -0.25) is 4.79 Å². The van der Waals surface area contributed by atoms with Crippen LogP contribution in [-0.4, -0.2) is 41.7 Å². The Labute approximate surface area is 131 Å². The average Bonchev–Trinajstić information content (AvgIpc) is 3.40. The van der Waals surface area contributed by atoms with Crippen molar-refractivity contribution < 1.29 is 9.90 Å². The fourth-order valence-corrected chi connectivity index (χ4v) is 3.24. The van der Waals surface area contributed by atoms with E-state index < -0.39 is 0 Å². The fourth-order valence-electron chi connectivity index (χ4n) is 3.24. The van der Waals surface area contributed by atoms with Gasteiger partial charge in [0.05, 0.1) is 5.56 Å². The minimum atomic E-state index is -0.0565. The summed E-state index contributed by atoms with van der Waals surface area (Å²) in [4.78, 5) is 19.3. The third-order valence-electron chi connectivity index (χ3n) is 4.63. The summed E-state index contributed by atoms with van der Waals surface area (Å²) in [6, 6.07) is 3.77. The number of piperidine rings is 1. The first kappa shape index (κ1) is 15.3. The Hall–Kier alpha value is -1.62. The number of aromatic nitrogens is 1. The third kappa shape index (κ3) is 3.58. The zero-order chi connectivity index (χ0) is 15.4. The molecule has 0 aromatic carbocycles. The molecule has 1 aromatic rings. The van der Waals surface area contributed by atoms with Gasteiger partial charge in [0.2, 0.25) is 0 Å². The lowest BCUT2D eigenvalue weighted by molar-refractivity contribution is 0.0924. The number of rotatable bonds is 6. The molecule has 0 bridgehead atoms. The normalized spacial score (nSPS) is 19.8. The van der Waals surface area contributed by atoms with E-state index in [1.807, 2.05) is 12.1 Å². The van der Waals surface area contributed by atoms with Crippen LogP contribution in [-0.2, 0) is 0 Å². The molecule has 5 heteroatoms. The van der Waals surface area contributed by atoms with E-state index in [9.17, 15) is 9.90 Å². The number of hydrogen-bond donors (Lipinski definition) is 2. The van der Waals surface area contributed by atoms with E-state index in [-0.39, 0.29) is 18.6 Å². The quantitative estimate of drug-likeness (QED) is 0.843. The highest BCUT2D eigenvalue weighted by Crippen LogP contribution is 2.34. The molecule has 2 fully saturated rings. The standard InChI is InChI=1S/C17H25N3O2/c21-12-8-15(13-6-7-13)19-17(22)14-5-4-9-18-16(14)20-10-2-1-3-11-20/h4-5,9,13,15,21H,1-3,6-8,10-12H2,(H,19,22). The molecule has 5 nitrogen and oxygen atoms in total. The molecule has 1 aromatic heterocycles. The van der Waals surface area contributed by atoms with Crippen LogP contribution in [0.15, 0.2) is 18.3 Å². The lowest BCUT2D eigenvalue weighted by Crippen LogP contribution is -2.39. The Kier molecular flexibility index (Phi) is 4.93. The highest BCUT2D eigenvalue weighted by atomic mass is 16.3. The minimum absolute atomic E-state index is 0.0565. The van der Waals surface area contributed by atoms with Gasteiger partial charge in [0.1, 0.15) is 5.82 Å². The summed E-state index contributed by atoms with van der Waals surface area (Å²) >= 11 is 0. The van der Waals surface area contributed by atoms with E-state index in [2.05, 4.69) is 15.2 Å². The predicted molar refractivity (Wildman–Crippen MR) is 86.0 cm³/mol. The first-order valence-corrected chi connectivity index (χ1v) is 8.41. The van der Waals surface area contributed by atoms with Crippen LogP contribution in [0.4, 0.5) is 5.82 Å². The third-order valence-corrected chi connectivity index (χ3v) is 4.63. The number of anilines is 1. The summed E-state index contributed by atoms with van der Waals surface area (Å²) in [7, 11) is 0. The van der Waals surface area contributed by atoms with Gasteiger partial charge in [0.25, 0.3) is 5.91 Å². The van der Waals surface area contributed by atoms with Crippen molar-refractivity contribution in [2.45, 2.75) is 44.6 Å². The highest BCUT2D eigenvalue weighted by molar-refractivity contribution is 5.99. The number of aliphatic hydroxyl groups is 1. The van der Waals surface area contributed by atoms with Crippen molar-refractivity contribution in [1.82, 2.24) is 10.3 Å². The second-order valence-corrected chi connectivity index (χ2v) is 6.35. The second-order valence-electron chi connectivity index (χ2n) is 6.35. The van der Waals surface area contributed by atoms with Gasteiger partial charge >= 0.3 is 0 Å². The molecule has 0 spiro atoms. The van der Waals surface area contributed by atoms with Crippen molar-refractivity contribution in [3.8, 4) is 0 Å². The largest absolute Gasteiger partial charge is 0.396 e. The molecule has 3 rings (SSSR count). The van der Waals surface area contributed by atoms with Crippen molar-refractivity contribution in [1.29, 1.82) is 0 Å². The zero-order valence-corrected chi connectivity index (χ0v) is 13.0. The van der Waals surface area contributed by atoms with Crippen molar-refractivity contribution in [2.24, 2.45) is 5.92 Å². The van der Waals surface area contributed by atoms with E-state index in [1.165, 1.54) is 6.42 Å². The first-order valence-electron chi connectivity index (χ1n) is 8.41. The monoisotopic (exact) mass is 303 g/mol. The molecular weight excluding hydrogens is 278 g/mol. The summed E-state index contributed by atoms with van der Waals surface area (Å²) in [5.74, 6) is 1.28. The molecule has 1 saturated carbocycles. The zero-order valence-electron chi connectivity index (χ0n) is 13.0. The number of amides is 1. The van der Waals surface area contributed by atoms with Gasteiger partial charge in [-0.15, -0.1) is 0 Å². The highest BCUT2D eigenvalue weighted by Gasteiger charge is 2.32. The van der Waals surface area contributed by atoms with E-state index in [0.717, 1.165) is 44.6 Å². The summed E-state index contributed by atoms with van der Waals surface area (Å²) in [5.41, 5.74) is 0.660. The molecular formula is C17H25N3O2. The molecule has 1 unspecified atom stereocenters. The Morgan fingerprint density at radius 1 is 1.36 bits per heavy atom. The number of hydrogen-bond acceptors (Lipinski definition) is 4. The number of pyridine rings is 1. The molecule has 1 aliphatic carbocycles. The maximum Gasteiger partial charge on any atom is 0.255 e. The van der Waals surface area contributed by atoms with E-state index in [1.54, 1.807) is 6.20 Å². The molecule has 2 heterocycles. The van der Waals surface area contributed by atoms with Crippen LogP contribution in [0.3, 0.4) is 0 Å². The fraction of sp³-hybridized carbons (Fsp3) is 0.647. The smallest absolute Gasteiger partial charge is 0.255 e. The van der Waals surface area contributed by atoms with E-state index >= 15 is 0 Å². The minimum Gasteiger partial charge on any atom is -0.396 e. The topological polar surface area (TPSA) is 65.5 Å². The van der Waals surface area contributed by atoms with Crippen LogP contribution in [0.2, 0.25) is 0 Å². The lowest BCUT2D eigenvalue weighted by Gasteiger charge is -2.29. The number of carbonyl (C=O) groups is 1. The molecule has 120 valence electrons. The van der Waals surface area contributed by atoms with Crippen LogP contribution in [0.5, 0.6) is 0 Å². The molecule has 0 radical (unpaired) electrons. The average molecular weight is 303 g/mol.